The van der Waals surface area contributed by atoms with Crippen molar-refractivity contribution in [2.24, 2.45) is 10.4 Å². The van der Waals surface area contributed by atoms with Crippen LogP contribution in [0.4, 0.5) is 0 Å². The van der Waals surface area contributed by atoms with Gasteiger partial charge in [0, 0.05) is 25.1 Å². The summed E-state index contributed by atoms with van der Waals surface area (Å²) >= 11 is 0. The van der Waals surface area contributed by atoms with Gasteiger partial charge in [0.25, 0.3) is 0 Å². The Labute approximate surface area is 121 Å². The molecule has 1 N–H and O–H groups in total. The van der Waals surface area contributed by atoms with E-state index in [1.54, 1.807) is 7.11 Å². The molecule has 1 aliphatic rings. The lowest BCUT2D eigenvalue weighted by atomic mass is 9.92. The normalized spacial score (nSPS) is 18.9. The van der Waals surface area contributed by atoms with Crippen LogP contribution in [0.2, 0.25) is 0 Å². The SMILES string of the molecule is CCO[C@H](C1=NCC(C)(C)CN1)c1ccc(OC)cc1. The minimum absolute atomic E-state index is 0.123. The van der Waals surface area contributed by atoms with Crippen molar-refractivity contribution in [2.45, 2.75) is 26.9 Å². The summed E-state index contributed by atoms with van der Waals surface area (Å²) in [5.41, 5.74) is 1.30. The van der Waals surface area contributed by atoms with Gasteiger partial charge >= 0.3 is 0 Å². The average molecular weight is 276 g/mol. The molecule has 1 aromatic carbocycles. The van der Waals surface area contributed by atoms with Gasteiger partial charge in [0.15, 0.2) is 0 Å². The predicted molar refractivity (Wildman–Crippen MR) is 81.4 cm³/mol. The Hall–Kier alpha value is -1.55. The number of methoxy groups -OCH3 is 1. The fraction of sp³-hybridized carbons (Fsp3) is 0.562. The van der Waals surface area contributed by atoms with Crippen LogP contribution < -0.4 is 10.1 Å². The number of hydrogen-bond acceptors (Lipinski definition) is 4. The van der Waals surface area contributed by atoms with Gasteiger partial charge in [0.2, 0.25) is 0 Å². The highest BCUT2D eigenvalue weighted by Gasteiger charge is 2.27. The maximum atomic E-state index is 5.88. The number of nitrogens with one attached hydrogen (secondary N) is 1. The van der Waals surface area contributed by atoms with Crippen molar-refractivity contribution in [2.75, 3.05) is 26.8 Å². The van der Waals surface area contributed by atoms with Gasteiger partial charge in [-0.2, -0.15) is 0 Å². The number of rotatable bonds is 5. The van der Waals surface area contributed by atoms with Crippen molar-refractivity contribution in [1.82, 2.24) is 5.32 Å². The second-order valence-electron chi connectivity index (χ2n) is 5.83. The molecule has 0 fully saturated rings. The third-order valence-electron chi connectivity index (χ3n) is 3.43. The molecule has 4 nitrogen and oxygen atoms in total. The van der Waals surface area contributed by atoms with Crippen molar-refractivity contribution in [3.63, 3.8) is 0 Å². The van der Waals surface area contributed by atoms with Crippen molar-refractivity contribution >= 4 is 5.84 Å². The molecule has 0 saturated heterocycles. The number of nitrogens with zero attached hydrogens (tertiary/aromatic N) is 1. The number of aliphatic imine (C=N–C) groups is 1. The van der Waals surface area contributed by atoms with Gasteiger partial charge in [0.05, 0.1) is 7.11 Å². The van der Waals surface area contributed by atoms with E-state index >= 15 is 0 Å². The van der Waals surface area contributed by atoms with Crippen molar-refractivity contribution in [3.8, 4) is 5.75 Å². The van der Waals surface area contributed by atoms with Gasteiger partial charge < -0.3 is 14.8 Å². The fourth-order valence-corrected chi connectivity index (χ4v) is 2.19. The molecule has 0 radical (unpaired) electrons. The number of benzene rings is 1. The minimum atomic E-state index is -0.123. The maximum absolute atomic E-state index is 5.88. The Bertz CT molecular complexity index is 466. The Morgan fingerprint density at radius 3 is 2.50 bits per heavy atom. The molecule has 1 heterocycles. The second-order valence-corrected chi connectivity index (χ2v) is 5.83. The summed E-state index contributed by atoms with van der Waals surface area (Å²) in [5, 5.41) is 3.42. The van der Waals surface area contributed by atoms with Crippen LogP contribution >= 0.6 is 0 Å². The number of amidine groups is 1. The molecular formula is C16H24N2O2. The molecule has 1 atom stereocenters. The van der Waals surface area contributed by atoms with Crippen LogP contribution in [0, 0.1) is 5.41 Å². The van der Waals surface area contributed by atoms with Crippen LogP contribution in [0.3, 0.4) is 0 Å². The van der Waals surface area contributed by atoms with Gasteiger partial charge in [-0.05, 0) is 24.6 Å². The zero-order valence-electron chi connectivity index (χ0n) is 12.8. The van der Waals surface area contributed by atoms with Gasteiger partial charge in [-0.1, -0.05) is 26.0 Å². The quantitative estimate of drug-likeness (QED) is 0.899. The van der Waals surface area contributed by atoms with Crippen molar-refractivity contribution in [1.29, 1.82) is 0 Å². The summed E-state index contributed by atoms with van der Waals surface area (Å²) in [6.07, 6.45) is -0.123. The van der Waals surface area contributed by atoms with Gasteiger partial charge in [-0.25, -0.2) is 0 Å². The molecule has 0 saturated carbocycles. The van der Waals surface area contributed by atoms with E-state index in [-0.39, 0.29) is 11.5 Å². The second kappa shape index (κ2) is 6.27. The van der Waals surface area contributed by atoms with Crippen LogP contribution in [-0.2, 0) is 4.74 Å². The molecule has 0 aromatic heterocycles. The molecular weight excluding hydrogens is 252 g/mol. The van der Waals surface area contributed by atoms with Crippen LogP contribution in [-0.4, -0.2) is 32.6 Å². The topological polar surface area (TPSA) is 42.8 Å². The molecule has 1 aromatic rings. The smallest absolute Gasteiger partial charge is 0.139 e. The molecule has 0 unspecified atom stereocenters. The Balaban J connectivity index is 2.20. The maximum Gasteiger partial charge on any atom is 0.139 e. The van der Waals surface area contributed by atoms with E-state index < -0.39 is 0 Å². The van der Waals surface area contributed by atoms with E-state index in [9.17, 15) is 0 Å². The van der Waals surface area contributed by atoms with Crippen LogP contribution in [0.5, 0.6) is 5.75 Å². The van der Waals surface area contributed by atoms with Crippen LogP contribution in [0.15, 0.2) is 29.3 Å². The first-order chi connectivity index (χ1) is 9.55. The monoisotopic (exact) mass is 276 g/mol. The number of hydrogen-bond donors (Lipinski definition) is 1. The highest BCUT2D eigenvalue weighted by Crippen LogP contribution is 2.25. The third-order valence-corrected chi connectivity index (χ3v) is 3.43. The fourth-order valence-electron chi connectivity index (χ4n) is 2.19. The molecule has 4 heteroatoms. The van der Waals surface area contributed by atoms with Gasteiger partial charge in [0.1, 0.15) is 17.7 Å². The molecule has 0 bridgehead atoms. The Kier molecular flexibility index (Phi) is 4.65. The zero-order chi connectivity index (χ0) is 14.6. The lowest BCUT2D eigenvalue weighted by Crippen LogP contribution is -2.43. The van der Waals surface area contributed by atoms with Gasteiger partial charge in [-0.15, -0.1) is 0 Å². The number of ether oxygens (including phenoxy) is 2. The first-order valence-corrected chi connectivity index (χ1v) is 7.09. The minimum Gasteiger partial charge on any atom is -0.497 e. The van der Waals surface area contributed by atoms with E-state index in [0.717, 1.165) is 30.2 Å². The summed E-state index contributed by atoms with van der Waals surface area (Å²) < 4.78 is 11.1. The first-order valence-electron chi connectivity index (χ1n) is 7.09. The van der Waals surface area contributed by atoms with Crippen molar-refractivity contribution in [3.05, 3.63) is 29.8 Å². The van der Waals surface area contributed by atoms with E-state index in [1.807, 2.05) is 31.2 Å². The van der Waals surface area contributed by atoms with E-state index in [4.69, 9.17) is 9.47 Å². The predicted octanol–water partition coefficient (Wildman–Crippen LogP) is 2.80. The highest BCUT2D eigenvalue weighted by atomic mass is 16.5. The summed E-state index contributed by atoms with van der Waals surface area (Å²) in [5.74, 6) is 1.78. The molecule has 0 aliphatic carbocycles. The highest BCUT2D eigenvalue weighted by molar-refractivity contribution is 5.88. The lowest BCUT2D eigenvalue weighted by Gasteiger charge is -2.32. The van der Waals surface area contributed by atoms with Crippen molar-refractivity contribution < 1.29 is 9.47 Å². The van der Waals surface area contributed by atoms with E-state index in [0.29, 0.717) is 6.61 Å². The summed E-state index contributed by atoms with van der Waals surface area (Å²) in [6.45, 7) is 8.83. The van der Waals surface area contributed by atoms with Crippen LogP contribution in [0.1, 0.15) is 32.4 Å². The summed E-state index contributed by atoms with van der Waals surface area (Å²) in [7, 11) is 1.67. The Morgan fingerprint density at radius 1 is 1.30 bits per heavy atom. The largest absolute Gasteiger partial charge is 0.497 e. The van der Waals surface area contributed by atoms with Crippen LogP contribution in [0.25, 0.3) is 0 Å². The molecule has 110 valence electrons. The first kappa shape index (κ1) is 14.9. The lowest BCUT2D eigenvalue weighted by molar-refractivity contribution is 0.105. The molecule has 20 heavy (non-hydrogen) atoms. The summed E-state index contributed by atoms with van der Waals surface area (Å²) in [4.78, 5) is 4.67. The zero-order valence-corrected chi connectivity index (χ0v) is 12.8. The van der Waals surface area contributed by atoms with E-state index in [1.165, 1.54) is 0 Å². The molecule has 1 aliphatic heterocycles. The summed E-state index contributed by atoms with van der Waals surface area (Å²) in [6, 6.07) is 7.97. The Morgan fingerprint density at radius 2 is 2.00 bits per heavy atom. The van der Waals surface area contributed by atoms with E-state index in [2.05, 4.69) is 24.2 Å². The molecule has 2 rings (SSSR count). The standard InChI is InChI=1S/C16H24N2O2/c1-5-20-14(12-6-8-13(19-4)9-7-12)15-17-10-16(2,3)11-18-15/h6-9,14H,5,10-11H2,1-4H3,(H,17,18)/t14-/m0/s1. The average Bonchev–Trinajstić information content (AvgIpc) is 2.45. The third kappa shape index (κ3) is 3.51. The molecule has 0 amide bonds. The van der Waals surface area contributed by atoms with Gasteiger partial charge in [-0.3, -0.25) is 4.99 Å². The molecule has 0 spiro atoms.